The standard InChI is InChI=1S/C6H10BO6.Na/c1-4(8)11-7(12-5(2)9)13-6(3)10;/h7H,1-3H3;/q-1;+1/i7D;. The molecule has 14 heavy (non-hydrogen) atoms. The van der Waals surface area contributed by atoms with Crippen molar-refractivity contribution in [3.63, 3.8) is 0 Å². The van der Waals surface area contributed by atoms with Crippen molar-refractivity contribution in [2.24, 2.45) is 0 Å². The molecular formula is C6H10BNaO6. The minimum atomic E-state index is -3.41. The van der Waals surface area contributed by atoms with Gasteiger partial charge in [-0.05, 0) is 0 Å². The fourth-order valence-electron chi connectivity index (χ4n) is 0.479. The predicted octanol–water partition coefficient (Wildman–Crippen LogP) is -3.60. The second kappa shape index (κ2) is 7.84. The maximum absolute atomic E-state index is 10.5. The van der Waals surface area contributed by atoms with Crippen molar-refractivity contribution in [1.29, 1.82) is 1.34 Å². The van der Waals surface area contributed by atoms with E-state index in [1.165, 1.54) is 0 Å². The van der Waals surface area contributed by atoms with Crippen LogP contribution in [0.3, 0.4) is 0 Å². The summed E-state index contributed by atoms with van der Waals surface area (Å²) in [5.41, 5.74) is 0. The molecule has 0 aliphatic rings. The van der Waals surface area contributed by atoms with E-state index in [1.54, 1.807) is 0 Å². The molecular weight excluding hydrogens is 202 g/mol. The average Bonchev–Trinajstić information content (AvgIpc) is 1.76. The maximum Gasteiger partial charge on any atom is 1.00 e. The molecule has 0 aromatic heterocycles. The van der Waals surface area contributed by atoms with Gasteiger partial charge in [0.1, 0.15) is 0 Å². The first kappa shape index (κ1) is 13.5. The zero-order chi connectivity index (χ0) is 11.4. The third kappa shape index (κ3) is 9.56. The Morgan fingerprint density at radius 3 is 1.29 bits per heavy atom. The molecule has 0 amide bonds. The summed E-state index contributed by atoms with van der Waals surface area (Å²) in [6.45, 7) is 2.99. The molecule has 0 heterocycles. The van der Waals surface area contributed by atoms with Crippen LogP contribution in [0.4, 0.5) is 0 Å². The second-order valence-electron chi connectivity index (χ2n) is 2.12. The van der Waals surface area contributed by atoms with Gasteiger partial charge in [-0.2, -0.15) is 0 Å². The van der Waals surface area contributed by atoms with Crippen LogP contribution >= 0.6 is 0 Å². The maximum atomic E-state index is 10.5. The molecule has 6 nitrogen and oxygen atoms in total. The third-order valence-corrected chi connectivity index (χ3v) is 0.787. The summed E-state index contributed by atoms with van der Waals surface area (Å²) >= 11 is 0. The minimum absolute atomic E-state index is 0. The molecule has 0 aliphatic heterocycles. The van der Waals surface area contributed by atoms with Gasteiger partial charge in [-0.15, -0.1) is 0 Å². The summed E-state index contributed by atoms with van der Waals surface area (Å²) in [6, 6.07) is 0. The zero-order valence-electron chi connectivity index (χ0n) is 9.53. The topological polar surface area (TPSA) is 78.9 Å². The molecule has 0 saturated heterocycles. The number of carbonyl (C=O) groups excluding carboxylic acids is 3. The first-order valence-electron chi connectivity index (χ1n) is 4.01. The normalized spacial score (nSPS) is 10.4. The summed E-state index contributed by atoms with van der Waals surface area (Å²) < 4.78 is 20.0. The molecule has 0 aromatic carbocycles. The first-order chi connectivity index (χ1) is 6.25. The SMILES string of the molecule is [2H][B-](OC(C)=O)(OC(C)=O)OC(C)=O.[Na+]. The Bertz CT molecular complexity index is 230. The fourth-order valence-corrected chi connectivity index (χ4v) is 0.479. The van der Waals surface area contributed by atoms with E-state index >= 15 is 0 Å². The van der Waals surface area contributed by atoms with Crippen LogP contribution < -0.4 is 29.6 Å². The molecule has 0 unspecified atom stereocenters. The van der Waals surface area contributed by atoms with E-state index in [4.69, 9.17) is 1.34 Å². The van der Waals surface area contributed by atoms with Gasteiger partial charge in [0.25, 0.3) is 17.9 Å². The Morgan fingerprint density at radius 2 is 1.14 bits per heavy atom. The van der Waals surface area contributed by atoms with Crippen molar-refractivity contribution in [3.8, 4) is 0 Å². The predicted molar refractivity (Wildman–Crippen MR) is 42.4 cm³/mol. The van der Waals surface area contributed by atoms with Gasteiger partial charge in [0.05, 0.1) is 0 Å². The molecule has 0 bridgehead atoms. The van der Waals surface area contributed by atoms with Crippen molar-refractivity contribution in [2.45, 2.75) is 20.8 Å². The second-order valence-corrected chi connectivity index (χ2v) is 2.12. The van der Waals surface area contributed by atoms with Crippen LogP contribution in [-0.2, 0) is 28.3 Å². The minimum Gasteiger partial charge on any atom is -0.625 e. The van der Waals surface area contributed by atoms with E-state index in [2.05, 4.69) is 14.0 Å². The summed E-state index contributed by atoms with van der Waals surface area (Å²) in [7, 11) is -3.41. The van der Waals surface area contributed by atoms with Crippen LogP contribution in [0.2, 0.25) is 0 Å². The van der Waals surface area contributed by atoms with E-state index in [0.717, 1.165) is 20.8 Å². The van der Waals surface area contributed by atoms with Crippen LogP contribution in [0, 0.1) is 0 Å². The van der Waals surface area contributed by atoms with Crippen molar-refractivity contribution in [1.82, 2.24) is 0 Å². The van der Waals surface area contributed by atoms with Crippen LogP contribution in [0.15, 0.2) is 0 Å². The molecule has 0 N–H and O–H groups in total. The average molecular weight is 213 g/mol. The largest absolute Gasteiger partial charge is 1.00 e. The van der Waals surface area contributed by atoms with Gasteiger partial charge in [0.15, 0.2) is 0 Å². The first-order valence-corrected chi connectivity index (χ1v) is 3.43. The van der Waals surface area contributed by atoms with E-state index in [1.807, 2.05) is 0 Å². The Balaban J connectivity index is 0. The molecule has 0 spiro atoms. The van der Waals surface area contributed by atoms with Gasteiger partial charge >= 0.3 is 36.8 Å². The van der Waals surface area contributed by atoms with Crippen LogP contribution in [0.5, 0.6) is 0 Å². The molecule has 0 rings (SSSR count). The van der Waals surface area contributed by atoms with E-state index in [0.29, 0.717) is 0 Å². The van der Waals surface area contributed by atoms with Gasteiger partial charge < -0.3 is 14.0 Å². The molecule has 0 aromatic rings. The Hall–Kier alpha value is -0.525. The van der Waals surface area contributed by atoms with Crippen LogP contribution in [0.1, 0.15) is 20.8 Å². The van der Waals surface area contributed by atoms with Gasteiger partial charge in [0.2, 0.25) is 0 Å². The molecule has 0 saturated carbocycles. The fraction of sp³-hybridized carbons (Fsp3) is 0.500. The summed E-state index contributed by atoms with van der Waals surface area (Å²) in [5, 5.41) is 0. The van der Waals surface area contributed by atoms with Crippen molar-refractivity contribution in [3.05, 3.63) is 0 Å². The smallest absolute Gasteiger partial charge is 0.625 e. The van der Waals surface area contributed by atoms with E-state index in [-0.39, 0.29) is 29.6 Å². The van der Waals surface area contributed by atoms with Gasteiger partial charge in [-0.25, -0.2) is 0 Å². The Kier molecular flexibility index (Phi) is 7.55. The van der Waals surface area contributed by atoms with Crippen molar-refractivity contribution < 1.29 is 57.9 Å². The number of carbonyl (C=O) groups is 3. The Morgan fingerprint density at radius 1 is 0.929 bits per heavy atom. The van der Waals surface area contributed by atoms with Gasteiger partial charge in [-0.1, -0.05) is 1.34 Å². The molecule has 0 radical (unpaired) electrons. The van der Waals surface area contributed by atoms with Crippen molar-refractivity contribution in [2.75, 3.05) is 0 Å². The monoisotopic (exact) mass is 213 g/mol. The number of hydrogen-bond acceptors (Lipinski definition) is 6. The quantitative estimate of drug-likeness (QED) is 0.450. The zero-order valence-corrected chi connectivity index (χ0v) is 10.5. The molecule has 0 fully saturated rings. The number of hydrogen-bond donors (Lipinski definition) is 0. The molecule has 74 valence electrons. The van der Waals surface area contributed by atoms with Crippen LogP contribution in [0.25, 0.3) is 0 Å². The van der Waals surface area contributed by atoms with Gasteiger partial charge in [-0.3, -0.25) is 14.4 Å². The summed E-state index contributed by atoms with van der Waals surface area (Å²) in [6.07, 6.45) is 0. The summed E-state index contributed by atoms with van der Waals surface area (Å²) in [5.74, 6) is -2.66. The van der Waals surface area contributed by atoms with E-state index in [9.17, 15) is 14.4 Å². The number of rotatable bonds is 3. The summed E-state index contributed by atoms with van der Waals surface area (Å²) in [4.78, 5) is 31.5. The Labute approximate surface area is 105 Å². The third-order valence-electron chi connectivity index (χ3n) is 0.787. The molecule has 0 aliphatic carbocycles. The van der Waals surface area contributed by atoms with Crippen LogP contribution in [-0.4, -0.2) is 26.5 Å². The van der Waals surface area contributed by atoms with Gasteiger partial charge in [0, 0.05) is 20.8 Å². The molecule has 8 heteroatoms. The van der Waals surface area contributed by atoms with E-state index < -0.39 is 25.2 Å². The molecule has 0 atom stereocenters. The van der Waals surface area contributed by atoms with Crippen molar-refractivity contribution >= 4 is 25.2 Å².